The van der Waals surface area contributed by atoms with E-state index in [1.165, 1.54) is 12.8 Å². The molecule has 2 aromatic carbocycles. The molecule has 1 atom stereocenters. The molecule has 2 N–H and O–H groups in total. The van der Waals surface area contributed by atoms with Crippen molar-refractivity contribution in [3.05, 3.63) is 57.7 Å². The summed E-state index contributed by atoms with van der Waals surface area (Å²) in [6, 6.07) is 10.8. The molecule has 42 heavy (non-hydrogen) atoms. The molecule has 1 aliphatic rings. The third kappa shape index (κ3) is 7.42. The van der Waals surface area contributed by atoms with Gasteiger partial charge in [-0.05, 0) is 78.7 Å². The van der Waals surface area contributed by atoms with Crippen molar-refractivity contribution in [3.63, 3.8) is 0 Å². The second-order valence-electron chi connectivity index (χ2n) is 9.72. The Bertz CT molecular complexity index is 1410. The third-order valence-corrected chi connectivity index (χ3v) is 7.99. The zero-order valence-electron chi connectivity index (χ0n) is 25.0. The van der Waals surface area contributed by atoms with E-state index in [1.54, 1.807) is 16.4 Å². The Morgan fingerprint density at radius 1 is 1.05 bits per heavy atom. The molecular weight excluding hydrogens is 618 g/mol. The van der Waals surface area contributed by atoms with Gasteiger partial charge in [0.2, 0.25) is 11.1 Å². The second-order valence-corrected chi connectivity index (χ2v) is 11.8. The van der Waals surface area contributed by atoms with Crippen LogP contribution in [0.15, 0.2) is 57.3 Å². The molecule has 4 rings (SSSR count). The van der Waals surface area contributed by atoms with Gasteiger partial charge in [0.25, 0.3) is 5.91 Å². The van der Waals surface area contributed by atoms with E-state index in [4.69, 9.17) is 24.3 Å². The molecular formula is C31H40BrN5O4S. The fourth-order valence-electron chi connectivity index (χ4n) is 4.82. The molecule has 9 nitrogen and oxygen atoms in total. The van der Waals surface area contributed by atoms with Crippen LogP contribution in [0, 0.1) is 0 Å². The average molecular weight is 659 g/mol. The molecule has 3 aromatic rings. The number of para-hydroxylation sites is 2. The van der Waals surface area contributed by atoms with Crippen molar-refractivity contribution in [1.29, 1.82) is 0 Å². The van der Waals surface area contributed by atoms with Gasteiger partial charge in [0, 0.05) is 5.70 Å². The van der Waals surface area contributed by atoms with Crippen molar-refractivity contribution in [2.24, 2.45) is 0 Å². The molecule has 0 saturated carbocycles. The minimum Gasteiger partial charge on any atom is -0.492 e. The molecule has 11 heteroatoms. The normalized spacial score (nSPS) is 14.3. The number of rotatable bonds is 15. The lowest BCUT2D eigenvalue weighted by Gasteiger charge is -2.29. The number of hydrogen-bond donors (Lipinski definition) is 2. The highest BCUT2D eigenvalue weighted by Gasteiger charge is 2.35. The number of carbonyl (C=O) groups excluding carboxylic acids is 1. The molecule has 226 valence electrons. The Kier molecular flexibility index (Phi) is 11.6. The summed E-state index contributed by atoms with van der Waals surface area (Å²) in [4.78, 5) is 18.7. The van der Waals surface area contributed by atoms with Crippen LogP contribution in [0.3, 0.4) is 0 Å². The summed E-state index contributed by atoms with van der Waals surface area (Å²) in [6.07, 6.45) is 4.44. The quantitative estimate of drug-likeness (QED) is 0.126. The van der Waals surface area contributed by atoms with Crippen LogP contribution in [0.1, 0.15) is 71.9 Å². The maximum Gasteiger partial charge on any atom is 0.255 e. The highest BCUT2D eigenvalue weighted by molar-refractivity contribution is 9.10. The molecule has 0 radical (unpaired) electrons. The number of fused-ring (bicyclic) bond motifs is 1. The van der Waals surface area contributed by atoms with E-state index in [0.29, 0.717) is 65.1 Å². The summed E-state index contributed by atoms with van der Waals surface area (Å²) in [5, 5.41) is 11.8. The van der Waals surface area contributed by atoms with Crippen molar-refractivity contribution in [1.82, 2.24) is 14.8 Å². The predicted molar refractivity (Wildman–Crippen MR) is 172 cm³/mol. The van der Waals surface area contributed by atoms with Crippen molar-refractivity contribution in [3.8, 4) is 17.2 Å². The van der Waals surface area contributed by atoms with Gasteiger partial charge in [-0.3, -0.25) is 4.79 Å². The first kappa shape index (κ1) is 31.7. The zero-order valence-corrected chi connectivity index (χ0v) is 27.4. The zero-order chi connectivity index (χ0) is 30.1. The van der Waals surface area contributed by atoms with Crippen LogP contribution in [0.5, 0.6) is 17.2 Å². The second kappa shape index (κ2) is 15.3. The van der Waals surface area contributed by atoms with Gasteiger partial charge in [0.15, 0.2) is 11.5 Å². The van der Waals surface area contributed by atoms with Crippen LogP contribution in [-0.4, -0.2) is 46.2 Å². The number of ether oxygens (including phenoxy) is 3. The summed E-state index contributed by atoms with van der Waals surface area (Å²) < 4.78 is 20.6. The number of aromatic nitrogens is 3. The fourth-order valence-corrected chi connectivity index (χ4v) is 5.95. The van der Waals surface area contributed by atoms with E-state index in [9.17, 15) is 4.79 Å². The van der Waals surface area contributed by atoms with E-state index < -0.39 is 6.04 Å². The number of carbonyl (C=O) groups is 1. The van der Waals surface area contributed by atoms with Gasteiger partial charge in [-0.1, -0.05) is 57.0 Å². The number of halogens is 1. The topological polar surface area (TPSA) is 99.5 Å². The van der Waals surface area contributed by atoms with Gasteiger partial charge < -0.3 is 24.8 Å². The van der Waals surface area contributed by atoms with Gasteiger partial charge in [0.1, 0.15) is 11.8 Å². The lowest BCUT2D eigenvalue weighted by atomic mass is 9.94. The van der Waals surface area contributed by atoms with Gasteiger partial charge in [-0.15, -0.1) is 5.10 Å². The van der Waals surface area contributed by atoms with E-state index in [-0.39, 0.29) is 5.91 Å². The van der Waals surface area contributed by atoms with Gasteiger partial charge >= 0.3 is 0 Å². The van der Waals surface area contributed by atoms with Crippen LogP contribution in [-0.2, 0) is 4.79 Å². The van der Waals surface area contributed by atoms with Crippen molar-refractivity contribution < 1.29 is 19.0 Å². The lowest BCUT2D eigenvalue weighted by molar-refractivity contribution is -0.113. The first-order valence-corrected chi connectivity index (χ1v) is 16.4. The highest BCUT2D eigenvalue weighted by atomic mass is 79.9. The molecule has 0 spiro atoms. The Balaban J connectivity index is 1.76. The number of thioether (sulfide) groups is 1. The van der Waals surface area contributed by atoms with Gasteiger partial charge in [-0.2, -0.15) is 4.98 Å². The number of benzene rings is 2. The standard InChI is InChI=1S/C31H40BrN5O4S/c1-6-10-11-14-17-41-28-22(32)18-21(19-25(28)40-8-3)27-26(20(5)33-30-35-31(42-9-4)36-37(27)30)29(38)34-23-15-12-13-16-24(23)39-7-2/h12-13,15-16,18-19,27H,6-11,14,17H2,1-5H3,(H,34,38)(H,33,35,36). The van der Waals surface area contributed by atoms with E-state index in [0.717, 1.165) is 28.6 Å². The van der Waals surface area contributed by atoms with Crippen molar-refractivity contribution in [2.45, 2.75) is 71.5 Å². The van der Waals surface area contributed by atoms with Crippen molar-refractivity contribution in [2.75, 3.05) is 36.2 Å². The first-order chi connectivity index (χ1) is 20.4. The minimum atomic E-state index is -0.576. The molecule has 0 bridgehead atoms. The minimum absolute atomic E-state index is 0.270. The summed E-state index contributed by atoms with van der Waals surface area (Å²) in [6.45, 7) is 11.5. The maximum atomic E-state index is 14.1. The Labute approximate surface area is 260 Å². The molecule has 0 saturated heterocycles. The molecule has 2 heterocycles. The first-order valence-electron chi connectivity index (χ1n) is 14.6. The fraction of sp³-hybridized carbons (Fsp3) is 0.452. The molecule has 0 aliphatic carbocycles. The van der Waals surface area contributed by atoms with Crippen molar-refractivity contribution >= 4 is 45.2 Å². The average Bonchev–Trinajstić information content (AvgIpc) is 3.36. The summed E-state index contributed by atoms with van der Waals surface area (Å²) in [5.41, 5.74) is 2.60. The largest absolute Gasteiger partial charge is 0.492 e. The number of allylic oxidation sites excluding steroid dienone is 1. The number of nitrogens with zero attached hydrogens (tertiary/aromatic N) is 3. The van der Waals surface area contributed by atoms with E-state index in [1.807, 2.05) is 57.2 Å². The molecule has 1 aliphatic heterocycles. The number of nitrogens with one attached hydrogen (secondary N) is 2. The number of anilines is 2. The smallest absolute Gasteiger partial charge is 0.255 e. The summed E-state index contributed by atoms with van der Waals surface area (Å²) in [5.74, 6) is 3.01. The van der Waals surface area contributed by atoms with Crippen LogP contribution >= 0.6 is 27.7 Å². The third-order valence-electron chi connectivity index (χ3n) is 6.68. The highest BCUT2D eigenvalue weighted by Crippen LogP contribution is 2.43. The van der Waals surface area contributed by atoms with Crippen LogP contribution in [0.25, 0.3) is 0 Å². The SMILES string of the molecule is CCCCCCOc1c(Br)cc(C2C(C(=O)Nc3ccccc3OCC)=C(C)Nc3nc(SCC)nn32)cc1OCC. The number of amides is 1. The van der Waals surface area contributed by atoms with Crippen LogP contribution < -0.4 is 24.8 Å². The van der Waals surface area contributed by atoms with Gasteiger partial charge in [0.05, 0.1) is 35.6 Å². The molecule has 0 fully saturated rings. The number of unbranched alkanes of at least 4 members (excludes halogenated alkanes) is 3. The predicted octanol–water partition coefficient (Wildman–Crippen LogP) is 7.84. The summed E-state index contributed by atoms with van der Waals surface area (Å²) in [7, 11) is 0. The monoisotopic (exact) mass is 657 g/mol. The molecule has 1 amide bonds. The van der Waals surface area contributed by atoms with E-state index in [2.05, 4.69) is 40.4 Å². The molecule has 1 unspecified atom stereocenters. The molecule has 1 aromatic heterocycles. The van der Waals surface area contributed by atoms with Crippen LogP contribution in [0.2, 0.25) is 0 Å². The van der Waals surface area contributed by atoms with E-state index >= 15 is 0 Å². The lowest BCUT2D eigenvalue weighted by Crippen LogP contribution is -2.31. The number of hydrogen-bond acceptors (Lipinski definition) is 8. The maximum absolute atomic E-state index is 14.1. The van der Waals surface area contributed by atoms with Crippen LogP contribution in [0.4, 0.5) is 11.6 Å². The Hall–Kier alpha value is -3.18. The Morgan fingerprint density at radius 3 is 2.55 bits per heavy atom. The van der Waals surface area contributed by atoms with Gasteiger partial charge in [-0.25, -0.2) is 4.68 Å². The Morgan fingerprint density at radius 2 is 1.81 bits per heavy atom. The summed E-state index contributed by atoms with van der Waals surface area (Å²) >= 11 is 5.28.